The van der Waals surface area contributed by atoms with Gasteiger partial charge in [-0.15, -0.1) is 0 Å². The molecule has 0 bridgehead atoms. The highest BCUT2D eigenvalue weighted by Crippen LogP contribution is 2.32. The van der Waals surface area contributed by atoms with Crippen molar-refractivity contribution in [1.82, 2.24) is 9.29 Å². The average molecular weight is 408 g/mol. The summed E-state index contributed by atoms with van der Waals surface area (Å²) >= 11 is 0. The lowest BCUT2D eigenvalue weighted by Gasteiger charge is -2.12. The van der Waals surface area contributed by atoms with Crippen LogP contribution in [0.25, 0.3) is 11.3 Å². The second kappa shape index (κ2) is 7.44. The zero-order valence-electron chi connectivity index (χ0n) is 15.2. The van der Waals surface area contributed by atoms with Crippen molar-refractivity contribution in [3.8, 4) is 11.3 Å². The van der Waals surface area contributed by atoms with Gasteiger partial charge in [-0.1, -0.05) is 30.3 Å². The Hall–Kier alpha value is -2.58. The molecule has 0 saturated carbocycles. The van der Waals surface area contributed by atoms with Crippen molar-refractivity contribution in [3.63, 3.8) is 0 Å². The topological polar surface area (TPSA) is 51.1 Å². The number of aromatic nitrogens is 1. The minimum Gasteiger partial charge on any atom is -0.313 e. The molecule has 0 amide bonds. The molecule has 8 heteroatoms. The Morgan fingerprint density at radius 2 is 1.61 bits per heavy atom. The van der Waals surface area contributed by atoms with Crippen LogP contribution in [0.1, 0.15) is 24.1 Å². The molecule has 0 fully saturated rings. The van der Waals surface area contributed by atoms with Crippen molar-refractivity contribution in [3.05, 3.63) is 78.0 Å². The lowest BCUT2D eigenvalue weighted by molar-refractivity contribution is -0.137. The molecule has 1 N–H and O–H groups in total. The fraction of sp³-hybridized carbons (Fsp3) is 0.200. The third kappa shape index (κ3) is 3.83. The van der Waals surface area contributed by atoms with Crippen LogP contribution in [0.5, 0.6) is 0 Å². The quantitative estimate of drug-likeness (QED) is 0.666. The molecule has 0 spiro atoms. The van der Waals surface area contributed by atoms with Gasteiger partial charge in [-0.3, -0.25) is 0 Å². The van der Waals surface area contributed by atoms with Crippen LogP contribution in [0, 0.1) is 0 Å². The van der Waals surface area contributed by atoms with Crippen LogP contribution in [-0.2, 0) is 16.2 Å². The summed E-state index contributed by atoms with van der Waals surface area (Å²) in [7, 11) is -2.32. The Morgan fingerprint density at radius 3 is 2.14 bits per heavy atom. The summed E-state index contributed by atoms with van der Waals surface area (Å²) in [6.07, 6.45) is -3.03. The predicted octanol–water partition coefficient (Wildman–Crippen LogP) is 4.69. The van der Waals surface area contributed by atoms with Gasteiger partial charge in [-0.25, -0.2) is 12.4 Å². The number of nitrogens with zero attached hydrogens (tertiary/aromatic N) is 1. The number of alkyl halides is 3. The molecule has 2 aromatic carbocycles. The fourth-order valence-electron chi connectivity index (χ4n) is 2.81. The number of nitrogens with one attached hydrogen (secondary N) is 1. The van der Waals surface area contributed by atoms with Crippen molar-refractivity contribution in [2.75, 3.05) is 7.05 Å². The van der Waals surface area contributed by atoms with Crippen molar-refractivity contribution >= 4 is 10.0 Å². The minimum atomic E-state index is -4.53. The maximum atomic E-state index is 13.2. The monoisotopic (exact) mass is 408 g/mol. The van der Waals surface area contributed by atoms with Crippen LogP contribution in [-0.4, -0.2) is 19.4 Å². The summed E-state index contributed by atoms with van der Waals surface area (Å²) in [5.74, 6) is 0. The Kier molecular flexibility index (Phi) is 5.36. The second-order valence-corrected chi connectivity index (χ2v) is 8.17. The van der Waals surface area contributed by atoms with Crippen molar-refractivity contribution in [2.45, 2.75) is 24.0 Å². The lowest BCUT2D eigenvalue weighted by atomic mass is 10.1. The maximum absolute atomic E-state index is 13.2. The van der Waals surface area contributed by atoms with E-state index in [9.17, 15) is 21.6 Å². The smallest absolute Gasteiger partial charge is 0.313 e. The molecule has 0 aliphatic carbocycles. The molecule has 0 aliphatic rings. The number of rotatable bonds is 5. The number of halogens is 3. The highest BCUT2D eigenvalue weighted by atomic mass is 32.2. The molecule has 148 valence electrons. The second-order valence-electron chi connectivity index (χ2n) is 6.36. The summed E-state index contributed by atoms with van der Waals surface area (Å²) in [5, 5.41) is 3.06. The Morgan fingerprint density at radius 1 is 1.00 bits per heavy atom. The lowest BCUT2D eigenvalue weighted by Crippen LogP contribution is -2.15. The zero-order valence-corrected chi connectivity index (χ0v) is 16.1. The molecule has 1 aromatic heterocycles. The molecule has 0 radical (unpaired) electrons. The first-order valence-corrected chi connectivity index (χ1v) is 9.96. The molecule has 1 unspecified atom stereocenters. The summed E-state index contributed by atoms with van der Waals surface area (Å²) in [6, 6.07) is 14.1. The molecule has 1 heterocycles. The van der Waals surface area contributed by atoms with E-state index in [1.54, 1.807) is 37.4 Å². The highest BCUT2D eigenvalue weighted by Gasteiger charge is 2.31. The third-order valence-electron chi connectivity index (χ3n) is 4.55. The van der Waals surface area contributed by atoms with Crippen molar-refractivity contribution in [1.29, 1.82) is 0 Å². The SMILES string of the molecule is CNC(C)c1cc(-c2ccccc2)n(S(=O)(=O)c2ccc(C(F)(F)F)cc2)c1. The Labute approximate surface area is 161 Å². The van der Waals surface area contributed by atoms with E-state index in [1.807, 2.05) is 13.0 Å². The molecule has 28 heavy (non-hydrogen) atoms. The van der Waals surface area contributed by atoms with Gasteiger partial charge in [-0.05, 0) is 55.4 Å². The van der Waals surface area contributed by atoms with Gasteiger partial charge < -0.3 is 5.32 Å². The van der Waals surface area contributed by atoms with Crippen molar-refractivity contribution in [2.24, 2.45) is 0 Å². The third-order valence-corrected chi connectivity index (χ3v) is 6.24. The van der Waals surface area contributed by atoms with Gasteiger partial charge in [0.15, 0.2) is 0 Å². The predicted molar refractivity (Wildman–Crippen MR) is 101 cm³/mol. The van der Waals surface area contributed by atoms with Gasteiger partial charge >= 0.3 is 6.18 Å². The molecule has 0 saturated heterocycles. The van der Waals surface area contributed by atoms with E-state index in [2.05, 4.69) is 5.32 Å². The zero-order chi connectivity index (χ0) is 20.5. The van der Waals surface area contributed by atoms with Crippen LogP contribution in [0.15, 0.2) is 71.8 Å². The number of benzene rings is 2. The van der Waals surface area contributed by atoms with Crippen LogP contribution in [0.3, 0.4) is 0 Å². The van der Waals surface area contributed by atoms with Crippen LogP contribution in [0.2, 0.25) is 0 Å². The number of hydrogen-bond acceptors (Lipinski definition) is 3. The van der Waals surface area contributed by atoms with Crippen LogP contribution in [0.4, 0.5) is 13.2 Å². The normalized spacial score (nSPS) is 13.5. The largest absolute Gasteiger partial charge is 0.416 e. The van der Waals surface area contributed by atoms with E-state index < -0.39 is 21.8 Å². The molecular formula is C20H19F3N2O2S. The van der Waals surface area contributed by atoms with Crippen molar-refractivity contribution < 1.29 is 21.6 Å². The summed E-state index contributed by atoms with van der Waals surface area (Å²) in [6.45, 7) is 1.89. The molecule has 4 nitrogen and oxygen atoms in total. The fourth-order valence-corrected chi connectivity index (χ4v) is 4.20. The first-order chi connectivity index (χ1) is 13.1. The molecule has 0 aliphatic heterocycles. The summed E-state index contributed by atoms with van der Waals surface area (Å²) < 4.78 is 65.9. The van der Waals surface area contributed by atoms with Gasteiger partial charge in [0.2, 0.25) is 0 Å². The average Bonchev–Trinajstić information content (AvgIpc) is 3.14. The molecule has 3 aromatic rings. The highest BCUT2D eigenvalue weighted by molar-refractivity contribution is 7.90. The van der Waals surface area contributed by atoms with E-state index in [1.165, 1.54) is 6.20 Å². The van der Waals surface area contributed by atoms with Crippen LogP contribution >= 0.6 is 0 Å². The Balaban J connectivity index is 2.14. The van der Waals surface area contributed by atoms with Gasteiger partial charge in [0.25, 0.3) is 10.0 Å². The van der Waals surface area contributed by atoms with Gasteiger partial charge in [0, 0.05) is 12.2 Å². The van der Waals surface area contributed by atoms with E-state index in [0.29, 0.717) is 11.3 Å². The van der Waals surface area contributed by atoms with Gasteiger partial charge in [-0.2, -0.15) is 13.2 Å². The summed E-state index contributed by atoms with van der Waals surface area (Å²) in [5.41, 5.74) is 0.980. The standard InChI is InChI=1S/C20H19F3N2O2S/c1-14(24-2)16-12-19(15-6-4-3-5-7-15)25(13-16)28(26,27)18-10-8-17(9-11-18)20(21,22)23/h3-14,24H,1-2H3. The van der Waals surface area contributed by atoms with Gasteiger partial charge in [0.05, 0.1) is 16.2 Å². The number of hydrogen-bond donors (Lipinski definition) is 1. The molecule has 1 atom stereocenters. The molecular weight excluding hydrogens is 389 g/mol. The van der Waals surface area contributed by atoms with E-state index in [0.717, 1.165) is 33.8 Å². The maximum Gasteiger partial charge on any atom is 0.416 e. The molecule has 3 rings (SSSR count). The van der Waals surface area contributed by atoms with E-state index in [4.69, 9.17) is 0 Å². The first kappa shape index (κ1) is 20.2. The van der Waals surface area contributed by atoms with Crippen LogP contribution < -0.4 is 5.32 Å². The Bertz CT molecular complexity index is 1060. The van der Waals surface area contributed by atoms with Gasteiger partial charge in [0.1, 0.15) is 0 Å². The van der Waals surface area contributed by atoms with E-state index in [-0.39, 0.29) is 10.9 Å². The summed E-state index contributed by atoms with van der Waals surface area (Å²) in [4.78, 5) is -0.211. The first-order valence-electron chi connectivity index (χ1n) is 8.52. The van der Waals surface area contributed by atoms with E-state index >= 15 is 0 Å². The minimum absolute atomic E-state index is 0.105.